The molecular weight excluding hydrogens is 350 g/mol. The van der Waals surface area contributed by atoms with Gasteiger partial charge in [-0.3, -0.25) is 15.0 Å². The Bertz CT molecular complexity index is 755. The molecule has 0 saturated carbocycles. The molecule has 1 aromatic rings. The molecule has 1 N–H and O–H groups in total. The van der Waals surface area contributed by atoms with Crippen LogP contribution in [0.25, 0.3) is 0 Å². The number of allylic oxidation sites excluding steroid dienone is 1. The summed E-state index contributed by atoms with van der Waals surface area (Å²) in [6.45, 7) is 7.76. The van der Waals surface area contributed by atoms with Crippen molar-refractivity contribution in [2.75, 3.05) is 6.54 Å². The quantitative estimate of drug-likeness (QED) is 0.445. The summed E-state index contributed by atoms with van der Waals surface area (Å²) in [4.78, 5) is 37.2. The Morgan fingerprint density at radius 3 is 2.48 bits per heavy atom. The molecule has 1 atom stereocenters. The number of rotatable bonds is 7. The Kier molecular flexibility index (Phi) is 6.55. The number of non-ortho nitro benzene ring substituents is 1. The van der Waals surface area contributed by atoms with Gasteiger partial charge >= 0.3 is 12.0 Å². The number of nitro groups is 1. The van der Waals surface area contributed by atoms with E-state index in [0.717, 1.165) is 12.8 Å². The van der Waals surface area contributed by atoms with Gasteiger partial charge in [-0.1, -0.05) is 13.3 Å². The van der Waals surface area contributed by atoms with Gasteiger partial charge in [-0.05, 0) is 44.9 Å². The predicted molar refractivity (Wildman–Crippen MR) is 99.9 cm³/mol. The van der Waals surface area contributed by atoms with E-state index in [1.807, 2.05) is 6.92 Å². The van der Waals surface area contributed by atoms with Crippen molar-refractivity contribution >= 4 is 17.7 Å². The molecule has 27 heavy (non-hydrogen) atoms. The highest BCUT2D eigenvalue weighted by Gasteiger charge is 2.36. The zero-order valence-electron chi connectivity index (χ0n) is 16.0. The van der Waals surface area contributed by atoms with Crippen LogP contribution in [0.3, 0.4) is 0 Å². The number of hydrogen-bond donors (Lipinski definition) is 1. The molecule has 1 heterocycles. The highest BCUT2D eigenvalue weighted by molar-refractivity contribution is 5.95. The van der Waals surface area contributed by atoms with E-state index in [-0.39, 0.29) is 17.8 Å². The number of urea groups is 1. The summed E-state index contributed by atoms with van der Waals surface area (Å²) in [5, 5.41) is 13.7. The summed E-state index contributed by atoms with van der Waals surface area (Å²) in [7, 11) is 0. The predicted octanol–water partition coefficient (Wildman–Crippen LogP) is 3.69. The molecule has 0 bridgehead atoms. The molecule has 1 aliphatic rings. The van der Waals surface area contributed by atoms with E-state index in [1.165, 1.54) is 12.1 Å². The van der Waals surface area contributed by atoms with Gasteiger partial charge in [0.05, 0.1) is 22.6 Å². The second-order valence-corrected chi connectivity index (χ2v) is 6.69. The van der Waals surface area contributed by atoms with E-state index in [0.29, 0.717) is 23.4 Å². The number of unbranched alkanes of at least 4 members (excludes halogenated alkanes) is 1. The number of carbonyl (C=O) groups excluding carboxylic acids is 2. The number of hydrogen-bond acceptors (Lipinski definition) is 5. The first kappa shape index (κ1) is 20.4. The lowest BCUT2D eigenvalue weighted by Crippen LogP contribution is -2.48. The van der Waals surface area contributed by atoms with E-state index in [2.05, 4.69) is 5.32 Å². The highest BCUT2D eigenvalue weighted by atomic mass is 16.6. The molecule has 0 saturated heterocycles. The van der Waals surface area contributed by atoms with Crippen LogP contribution in [-0.4, -0.2) is 34.5 Å². The summed E-state index contributed by atoms with van der Waals surface area (Å²) in [5.74, 6) is -0.507. The van der Waals surface area contributed by atoms with Gasteiger partial charge < -0.3 is 10.1 Å². The van der Waals surface area contributed by atoms with Crippen molar-refractivity contribution in [2.24, 2.45) is 0 Å². The molecule has 8 heteroatoms. The summed E-state index contributed by atoms with van der Waals surface area (Å²) in [6.07, 6.45) is 1.41. The van der Waals surface area contributed by atoms with Crippen LogP contribution in [0.2, 0.25) is 0 Å². The minimum absolute atomic E-state index is 0.0579. The van der Waals surface area contributed by atoms with Crippen LogP contribution < -0.4 is 5.32 Å². The molecule has 1 aliphatic heterocycles. The third-order valence-corrected chi connectivity index (χ3v) is 4.33. The molecule has 0 radical (unpaired) electrons. The van der Waals surface area contributed by atoms with Gasteiger partial charge in [0.1, 0.15) is 0 Å². The van der Waals surface area contributed by atoms with Gasteiger partial charge in [-0.25, -0.2) is 9.59 Å². The fourth-order valence-corrected chi connectivity index (χ4v) is 2.95. The maximum absolute atomic E-state index is 12.7. The van der Waals surface area contributed by atoms with Crippen LogP contribution in [0, 0.1) is 10.1 Å². The maximum atomic E-state index is 12.7. The lowest BCUT2D eigenvalue weighted by Gasteiger charge is -2.35. The van der Waals surface area contributed by atoms with Crippen LogP contribution in [0.4, 0.5) is 10.5 Å². The minimum Gasteiger partial charge on any atom is -0.459 e. The Hall–Kier alpha value is -2.90. The average Bonchev–Trinajstić information content (AvgIpc) is 2.60. The van der Waals surface area contributed by atoms with Crippen molar-refractivity contribution in [2.45, 2.75) is 52.7 Å². The third kappa shape index (κ3) is 4.64. The molecule has 8 nitrogen and oxygen atoms in total. The van der Waals surface area contributed by atoms with Gasteiger partial charge in [0, 0.05) is 24.4 Å². The standard InChI is InChI=1S/C19H25N3O5/c1-5-6-11-21-13(4)16(18(23)27-12(2)3)17(20-19(21)24)14-7-9-15(10-8-14)22(25)26/h7-10,12,17H,5-6,11H2,1-4H3,(H,20,24)/t17-/m0/s1. The highest BCUT2D eigenvalue weighted by Crippen LogP contribution is 2.32. The fourth-order valence-electron chi connectivity index (χ4n) is 2.95. The summed E-state index contributed by atoms with van der Waals surface area (Å²) in [5.41, 5.74) is 1.41. The van der Waals surface area contributed by atoms with Crippen molar-refractivity contribution in [3.8, 4) is 0 Å². The number of amides is 2. The number of benzene rings is 1. The first-order valence-electron chi connectivity index (χ1n) is 9.00. The van der Waals surface area contributed by atoms with E-state index in [1.54, 1.807) is 37.8 Å². The van der Waals surface area contributed by atoms with Crippen LogP contribution in [0.5, 0.6) is 0 Å². The normalized spacial score (nSPS) is 17.1. The van der Waals surface area contributed by atoms with E-state index in [4.69, 9.17) is 4.74 Å². The molecule has 0 spiro atoms. The van der Waals surface area contributed by atoms with Crippen LogP contribution >= 0.6 is 0 Å². The lowest BCUT2D eigenvalue weighted by atomic mass is 9.94. The smallest absolute Gasteiger partial charge is 0.338 e. The molecule has 0 unspecified atom stereocenters. The van der Waals surface area contributed by atoms with E-state index < -0.39 is 16.9 Å². The first-order valence-corrected chi connectivity index (χ1v) is 9.00. The molecule has 2 rings (SSSR count). The molecule has 0 aliphatic carbocycles. The van der Waals surface area contributed by atoms with Gasteiger partial charge in [-0.2, -0.15) is 0 Å². The van der Waals surface area contributed by atoms with Crippen molar-refractivity contribution in [1.82, 2.24) is 10.2 Å². The van der Waals surface area contributed by atoms with Crippen LogP contribution in [0.15, 0.2) is 35.5 Å². The second-order valence-electron chi connectivity index (χ2n) is 6.69. The molecule has 146 valence electrons. The number of ether oxygens (including phenoxy) is 1. The number of esters is 1. The van der Waals surface area contributed by atoms with Crippen molar-refractivity contribution in [3.63, 3.8) is 0 Å². The Morgan fingerprint density at radius 1 is 1.33 bits per heavy atom. The monoisotopic (exact) mass is 375 g/mol. The summed E-state index contributed by atoms with van der Waals surface area (Å²) >= 11 is 0. The van der Waals surface area contributed by atoms with Gasteiger partial charge in [-0.15, -0.1) is 0 Å². The molecular formula is C19H25N3O5. The largest absolute Gasteiger partial charge is 0.459 e. The Balaban J connectivity index is 2.47. The number of nitro benzene ring substituents is 1. The maximum Gasteiger partial charge on any atom is 0.338 e. The van der Waals surface area contributed by atoms with Crippen molar-refractivity contribution in [3.05, 3.63) is 51.2 Å². The topological polar surface area (TPSA) is 102 Å². The zero-order chi connectivity index (χ0) is 20.1. The SMILES string of the molecule is CCCCN1C(=O)N[C@@H](c2ccc([N+](=O)[O-])cc2)C(C(=O)OC(C)C)=C1C. The zero-order valence-corrected chi connectivity index (χ0v) is 16.0. The Morgan fingerprint density at radius 2 is 1.96 bits per heavy atom. The van der Waals surface area contributed by atoms with E-state index >= 15 is 0 Å². The average molecular weight is 375 g/mol. The van der Waals surface area contributed by atoms with Crippen molar-refractivity contribution < 1.29 is 19.2 Å². The van der Waals surface area contributed by atoms with Gasteiger partial charge in [0.25, 0.3) is 5.69 Å². The number of nitrogens with one attached hydrogen (secondary N) is 1. The van der Waals surface area contributed by atoms with E-state index in [9.17, 15) is 19.7 Å². The molecule has 2 amide bonds. The van der Waals surface area contributed by atoms with Gasteiger partial charge in [0.2, 0.25) is 0 Å². The van der Waals surface area contributed by atoms with Crippen LogP contribution in [-0.2, 0) is 9.53 Å². The summed E-state index contributed by atoms with van der Waals surface area (Å²) < 4.78 is 5.38. The molecule has 0 aromatic heterocycles. The second kappa shape index (κ2) is 8.66. The van der Waals surface area contributed by atoms with Crippen molar-refractivity contribution in [1.29, 1.82) is 0 Å². The third-order valence-electron chi connectivity index (χ3n) is 4.33. The summed E-state index contributed by atoms with van der Waals surface area (Å²) in [6, 6.07) is 4.77. The van der Waals surface area contributed by atoms with Crippen LogP contribution in [0.1, 0.15) is 52.1 Å². The fraction of sp³-hybridized carbons (Fsp3) is 0.474. The minimum atomic E-state index is -0.720. The number of nitrogens with zero attached hydrogens (tertiary/aromatic N) is 2. The first-order chi connectivity index (χ1) is 12.8. The lowest BCUT2D eigenvalue weighted by molar-refractivity contribution is -0.384. The molecule has 0 fully saturated rings. The number of carbonyl (C=O) groups is 2. The molecule has 1 aromatic carbocycles. The Labute approximate surface area is 158 Å². The van der Waals surface area contributed by atoms with Gasteiger partial charge in [0.15, 0.2) is 0 Å².